The van der Waals surface area contributed by atoms with Crippen LogP contribution in [0, 0.1) is 0 Å². The number of rotatable bonds is 11. The molecule has 2 nitrogen and oxygen atoms in total. The highest BCUT2D eigenvalue weighted by Gasteiger charge is 2.09. The number of unbranched alkanes of at least 4 members (excludes halogenated alkanes) is 5. The van der Waals surface area contributed by atoms with Crippen molar-refractivity contribution in [3.8, 4) is 0 Å². The van der Waals surface area contributed by atoms with E-state index >= 15 is 0 Å². The molecule has 1 atom stereocenters. The molecular weight excluding hydrogens is 252 g/mol. The maximum Gasteiger partial charge on any atom is 0.0258 e. The topological polar surface area (TPSA) is 38.0 Å². The summed E-state index contributed by atoms with van der Waals surface area (Å²) >= 11 is 1.93. The second kappa shape index (κ2) is 10.4. The summed E-state index contributed by atoms with van der Waals surface area (Å²) < 4.78 is 0. The van der Waals surface area contributed by atoms with Gasteiger partial charge in [-0.25, -0.2) is 0 Å². The predicted molar refractivity (Wildman–Crippen MR) is 86.5 cm³/mol. The SMILES string of the molecule is CCCCCCCCC(Cc1ccc(CC)s1)NN. The van der Waals surface area contributed by atoms with E-state index in [1.54, 1.807) is 0 Å². The zero-order valence-electron chi connectivity index (χ0n) is 12.6. The fourth-order valence-corrected chi connectivity index (χ4v) is 3.42. The van der Waals surface area contributed by atoms with Crippen LogP contribution in [-0.2, 0) is 12.8 Å². The highest BCUT2D eigenvalue weighted by atomic mass is 32.1. The van der Waals surface area contributed by atoms with E-state index in [2.05, 4.69) is 31.4 Å². The minimum atomic E-state index is 0.439. The molecule has 0 saturated heterocycles. The van der Waals surface area contributed by atoms with Gasteiger partial charge in [0, 0.05) is 15.8 Å². The third-order valence-corrected chi connectivity index (χ3v) is 4.91. The molecule has 0 amide bonds. The van der Waals surface area contributed by atoms with Crippen LogP contribution in [0.1, 0.15) is 68.5 Å². The third-order valence-electron chi connectivity index (χ3n) is 3.66. The van der Waals surface area contributed by atoms with E-state index in [4.69, 9.17) is 5.84 Å². The van der Waals surface area contributed by atoms with Crippen LogP contribution in [0.4, 0.5) is 0 Å². The normalized spacial score (nSPS) is 12.8. The molecule has 1 aromatic heterocycles. The Morgan fingerprint density at radius 2 is 1.74 bits per heavy atom. The first-order valence-electron chi connectivity index (χ1n) is 7.83. The van der Waals surface area contributed by atoms with Gasteiger partial charge in [0.25, 0.3) is 0 Å². The summed E-state index contributed by atoms with van der Waals surface area (Å²) in [5, 5.41) is 0. The van der Waals surface area contributed by atoms with Crippen LogP contribution in [0.15, 0.2) is 12.1 Å². The van der Waals surface area contributed by atoms with Crippen molar-refractivity contribution in [2.24, 2.45) is 5.84 Å². The molecule has 1 heterocycles. The number of nitrogens with one attached hydrogen (secondary N) is 1. The van der Waals surface area contributed by atoms with Crippen molar-refractivity contribution in [3.63, 3.8) is 0 Å². The van der Waals surface area contributed by atoms with E-state index < -0.39 is 0 Å². The number of thiophene rings is 1. The number of nitrogens with two attached hydrogens (primary N) is 1. The van der Waals surface area contributed by atoms with Crippen LogP contribution in [-0.4, -0.2) is 6.04 Å². The van der Waals surface area contributed by atoms with Crippen molar-refractivity contribution in [3.05, 3.63) is 21.9 Å². The van der Waals surface area contributed by atoms with E-state index in [1.807, 2.05) is 11.3 Å². The van der Waals surface area contributed by atoms with E-state index in [0.29, 0.717) is 6.04 Å². The standard InChI is InChI=1S/C16H30N2S/c1-3-5-6-7-8-9-10-14(18-17)13-16-12-11-15(4-2)19-16/h11-12,14,18H,3-10,13,17H2,1-2H3. The van der Waals surface area contributed by atoms with Gasteiger partial charge in [0.2, 0.25) is 0 Å². The molecule has 0 radical (unpaired) electrons. The van der Waals surface area contributed by atoms with Crippen LogP contribution in [0.3, 0.4) is 0 Å². The molecule has 0 aliphatic carbocycles. The van der Waals surface area contributed by atoms with Crippen molar-refractivity contribution in [1.82, 2.24) is 5.43 Å². The summed E-state index contributed by atoms with van der Waals surface area (Å²) in [6.45, 7) is 4.48. The molecule has 110 valence electrons. The van der Waals surface area contributed by atoms with E-state index in [9.17, 15) is 0 Å². The summed E-state index contributed by atoms with van der Waals surface area (Å²) in [6.07, 6.45) is 11.5. The van der Waals surface area contributed by atoms with E-state index in [1.165, 1.54) is 54.7 Å². The molecule has 3 N–H and O–H groups in total. The molecule has 0 fully saturated rings. The van der Waals surface area contributed by atoms with E-state index in [0.717, 1.165) is 12.8 Å². The smallest absolute Gasteiger partial charge is 0.0258 e. The van der Waals surface area contributed by atoms with Gasteiger partial charge in [-0.05, 0) is 31.4 Å². The Morgan fingerprint density at radius 3 is 2.37 bits per heavy atom. The van der Waals surface area contributed by atoms with Gasteiger partial charge in [0.15, 0.2) is 0 Å². The summed E-state index contributed by atoms with van der Waals surface area (Å²) in [6, 6.07) is 4.95. The second-order valence-electron chi connectivity index (χ2n) is 5.35. The van der Waals surface area contributed by atoms with Gasteiger partial charge >= 0.3 is 0 Å². The second-order valence-corrected chi connectivity index (χ2v) is 6.60. The Balaban J connectivity index is 2.18. The Morgan fingerprint density at radius 1 is 1.05 bits per heavy atom. The van der Waals surface area contributed by atoms with Gasteiger partial charge in [-0.2, -0.15) is 0 Å². The maximum absolute atomic E-state index is 5.68. The lowest BCUT2D eigenvalue weighted by molar-refractivity contribution is 0.461. The van der Waals surface area contributed by atoms with E-state index in [-0.39, 0.29) is 0 Å². The van der Waals surface area contributed by atoms with Crippen molar-refractivity contribution < 1.29 is 0 Å². The Labute approximate surface area is 122 Å². The van der Waals surface area contributed by atoms with Crippen molar-refractivity contribution >= 4 is 11.3 Å². The summed E-state index contributed by atoms with van der Waals surface area (Å²) in [4.78, 5) is 2.94. The first kappa shape index (κ1) is 16.7. The van der Waals surface area contributed by atoms with Crippen LogP contribution >= 0.6 is 11.3 Å². The zero-order chi connectivity index (χ0) is 13.9. The third kappa shape index (κ3) is 7.09. The lowest BCUT2D eigenvalue weighted by atomic mass is 10.0. The predicted octanol–water partition coefficient (Wildman–Crippen LogP) is 4.44. The average molecular weight is 282 g/mol. The fraction of sp³-hybridized carbons (Fsp3) is 0.750. The Kier molecular flexibility index (Phi) is 9.14. The van der Waals surface area contributed by atoms with Gasteiger partial charge in [-0.3, -0.25) is 11.3 Å². The van der Waals surface area contributed by atoms with Crippen LogP contribution in [0.25, 0.3) is 0 Å². The van der Waals surface area contributed by atoms with Crippen molar-refractivity contribution in [1.29, 1.82) is 0 Å². The number of aryl methyl sites for hydroxylation is 1. The molecule has 0 aliphatic heterocycles. The van der Waals surface area contributed by atoms with Gasteiger partial charge in [-0.15, -0.1) is 11.3 Å². The monoisotopic (exact) mass is 282 g/mol. The first-order chi connectivity index (χ1) is 9.30. The largest absolute Gasteiger partial charge is 0.271 e. The molecule has 0 spiro atoms. The average Bonchev–Trinajstić information content (AvgIpc) is 2.89. The molecule has 0 aliphatic rings. The quantitative estimate of drug-likeness (QED) is 0.358. The minimum absolute atomic E-state index is 0.439. The Hall–Kier alpha value is -0.380. The summed E-state index contributed by atoms with van der Waals surface area (Å²) in [5.74, 6) is 5.68. The molecule has 1 aromatic rings. The number of hydrogen-bond acceptors (Lipinski definition) is 3. The molecule has 1 unspecified atom stereocenters. The minimum Gasteiger partial charge on any atom is -0.271 e. The Bertz CT molecular complexity index is 322. The fourth-order valence-electron chi connectivity index (χ4n) is 2.38. The molecule has 1 rings (SSSR count). The van der Waals surface area contributed by atoms with Crippen molar-refractivity contribution in [2.75, 3.05) is 0 Å². The molecule has 0 aromatic carbocycles. The maximum atomic E-state index is 5.68. The summed E-state index contributed by atoms with van der Waals surface area (Å²) in [7, 11) is 0. The molecule has 19 heavy (non-hydrogen) atoms. The molecular formula is C16H30N2S. The van der Waals surface area contributed by atoms with Crippen molar-refractivity contribution in [2.45, 2.75) is 77.7 Å². The van der Waals surface area contributed by atoms with Gasteiger partial charge < -0.3 is 0 Å². The highest BCUT2D eigenvalue weighted by molar-refractivity contribution is 7.11. The lowest BCUT2D eigenvalue weighted by Crippen LogP contribution is -2.36. The molecule has 0 saturated carbocycles. The van der Waals surface area contributed by atoms with Crippen LogP contribution < -0.4 is 11.3 Å². The number of hydrazine groups is 1. The highest BCUT2D eigenvalue weighted by Crippen LogP contribution is 2.20. The first-order valence-corrected chi connectivity index (χ1v) is 8.65. The molecule has 3 heteroatoms. The zero-order valence-corrected chi connectivity index (χ0v) is 13.4. The molecule has 0 bridgehead atoms. The van der Waals surface area contributed by atoms with Gasteiger partial charge in [-0.1, -0.05) is 52.4 Å². The van der Waals surface area contributed by atoms with Crippen LogP contribution in [0.5, 0.6) is 0 Å². The lowest BCUT2D eigenvalue weighted by Gasteiger charge is -2.14. The van der Waals surface area contributed by atoms with Gasteiger partial charge in [0.05, 0.1) is 0 Å². The van der Waals surface area contributed by atoms with Crippen LogP contribution in [0.2, 0.25) is 0 Å². The number of hydrogen-bond donors (Lipinski definition) is 2. The summed E-state index contributed by atoms with van der Waals surface area (Å²) in [5.41, 5.74) is 2.99. The van der Waals surface area contributed by atoms with Gasteiger partial charge in [0.1, 0.15) is 0 Å².